The molecule has 0 aliphatic heterocycles. The van der Waals surface area contributed by atoms with Crippen LogP contribution in [0.2, 0.25) is 0 Å². The van der Waals surface area contributed by atoms with E-state index in [-0.39, 0.29) is 11.4 Å². The Bertz CT molecular complexity index is 399. The average Bonchev–Trinajstić information content (AvgIpc) is 2.15. The second kappa shape index (κ2) is 3.95. The fourth-order valence-corrected chi connectivity index (χ4v) is 0.892. The van der Waals surface area contributed by atoms with Gasteiger partial charge in [0, 0.05) is 6.20 Å². The lowest BCUT2D eigenvalue weighted by molar-refractivity contribution is 0.446. The van der Waals surface area contributed by atoms with E-state index in [9.17, 15) is 13.2 Å². The molecule has 0 atom stereocenters. The van der Waals surface area contributed by atoms with Gasteiger partial charge in [0.1, 0.15) is 5.84 Å². The molecule has 0 unspecified atom stereocenters. The van der Waals surface area contributed by atoms with E-state index in [1.807, 2.05) is 0 Å². The van der Waals surface area contributed by atoms with Crippen LogP contribution in [0.5, 0.6) is 0 Å². The van der Waals surface area contributed by atoms with Crippen molar-refractivity contribution in [2.45, 2.75) is 0 Å². The van der Waals surface area contributed by atoms with Gasteiger partial charge >= 0.3 is 0 Å². The summed E-state index contributed by atoms with van der Waals surface area (Å²) in [5.74, 6) is -4.44. The van der Waals surface area contributed by atoms with E-state index in [2.05, 4.69) is 11.6 Å². The van der Waals surface area contributed by atoms with E-state index < -0.39 is 17.5 Å². The largest absolute Gasteiger partial charge is 0.383 e. The van der Waals surface area contributed by atoms with Crippen LogP contribution in [0, 0.1) is 17.5 Å². The van der Waals surface area contributed by atoms with Crippen LogP contribution in [-0.4, -0.2) is 5.84 Å². The van der Waals surface area contributed by atoms with Gasteiger partial charge in [0.05, 0.1) is 5.56 Å². The van der Waals surface area contributed by atoms with Crippen molar-refractivity contribution in [3.8, 4) is 0 Å². The van der Waals surface area contributed by atoms with Crippen LogP contribution in [0.25, 0.3) is 0 Å². The summed E-state index contributed by atoms with van der Waals surface area (Å²) in [5, 5.41) is 0. The summed E-state index contributed by atoms with van der Waals surface area (Å²) in [4.78, 5) is 3.46. The van der Waals surface area contributed by atoms with E-state index in [1.54, 1.807) is 0 Å². The minimum absolute atomic E-state index is 0.253. The molecule has 0 saturated heterocycles. The molecule has 2 N–H and O–H groups in total. The molecule has 0 heterocycles. The van der Waals surface area contributed by atoms with Crippen LogP contribution < -0.4 is 5.73 Å². The van der Waals surface area contributed by atoms with Gasteiger partial charge < -0.3 is 5.73 Å². The first-order valence-corrected chi connectivity index (χ1v) is 3.66. The Morgan fingerprint density at radius 2 is 1.93 bits per heavy atom. The smallest absolute Gasteiger partial charge is 0.195 e. The minimum Gasteiger partial charge on any atom is -0.383 e. The zero-order valence-corrected chi connectivity index (χ0v) is 7.10. The van der Waals surface area contributed by atoms with Crippen molar-refractivity contribution in [2.75, 3.05) is 0 Å². The minimum atomic E-state index is -1.57. The van der Waals surface area contributed by atoms with E-state index in [0.717, 1.165) is 18.3 Å². The van der Waals surface area contributed by atoms with E-state index in [1.165, 1.54) is 0 Å². The molecule has 2 nitrogen and oxygen atoms in total. The predicted octanol–water partition coefficient (Wildman–Crippen LogP) is 1.95. The number of amidine groups is 1. The van der Waals surface area contributed by atoms with Crippen molar-refractivity contribution in [1.29, 1.82) is 0 Å². The highest BCUT2D eigenvalue weighted by atomic mass is 19.2. The normalized spacial score (nSPS) is 11.5. The van der Waals surface area contributed by atoms with Crippen molar-refractivity contribution in [3.63, 3.8) is 0 Å². The van der Waals surface area contributed by atoms with Gasteiger partial charge in [-0.3, -0.25) is 0 Å². The molecular formula is C9H7F3N2. The predicted molar refractivity (Wildman–Crippen MR) is 47.2 cm³/mol. The Morgan fingerprint density at radius 3 is 2.50 bits per heavy atom. The molecule has 0 spiro atoms. The van der Waals surface area contributed by atoms with Crippen LogP contribution in [0.3, 0.4) is 0 Å². The number of benzene rings is 1. The number of halogens is 3. The number of aliphatic imine (C=N–C) groups is 1. The van der Waals surface area contributed by atoms with Crippen LogP contribution in [0.4, 0.5) is 13.2 Å². The molecule has 0 aliphatic rings. The molecule has 0 amide bonds. The van der Waals surface area contributed by atoms with Gasteiger partial charge in [-0.05, 0) is 12.1 Å². The third-order valence-corrected chi connectivity index (χ3v) is 1.54. The standard InChI is InChI=1S/C9H7F3N2/c1-2-14-9(13)5-3-4-6(10)8(12)7(5)11/h2-4H,1H2,(H2,13,14). The van der Waals surface area contributed by atoms with Gasteiger partial charge in [-0.25, -0.2) is 18.2 Å². The summed E-state index contributed by atoms with van der Waals surface area (Å²) in [6.45, 7) is 3.24. The quantitative estimate of drug-likeness (QED) is 0.442. The molecule has 5 heteroatoms. The molecule has 0 saturated carbocycles. The lowest BCUT2D eigenvalue weighted by Crippen LogP contribution is -2.16. The maximum absolute atomic E-state index is 13.0. The third kappa shape index (κ3) is 1.76. The Hall–Kier alpha value is -1.78. The van der Waals surface area contributed by atoms with Crippen molar-refractivity contribution in [3.05, 3.63) is 47.9 Å². The van der Waals surface area contributed by atoms with Gasteiger partial charge in [0.15, 0.2) is 17.5 Å². The second-order valence-corrected chi connectivity index (χ2v) is 2.42. The molecular weight excluding hydrogens is 193 g/mol. The summed E-state index contributed by atoms with van der Waals surface area (Å²) in [7, 11) is 0. The SMILES string of the molecule is C=CN=C(N)c1ccc(F)c(F)c1F. The molecule has 0 aliphatic carbocycles. The van der Waals surface area contributed by atoms with Crippen LogP contribution in [-0.2, 0) is 0 Å². The maximum Gasteiger partial charge on any atom is 0.195 e. The zero-order chi connectivity index (χ0) is 10.7. The van der Waals surface area contributed by atoms with Crippen LogP contribution >= 0.6 is 0 Å². The number of rotatable bonds is 2. The van der Waals surface area contributed by atoms with E-state index in [0.29, 0.717) is 0 Å². The zero-order valence-electron chi connectivity index (χ0n) is 7.10. The lowest BCUT2D eigenvalue weighted by Gasteiger charge is -2.02. The Labute approximate surface area is 78.6 Å². The van der Waals surface area contributed by atoms with Gasteiger partial charge in [-0.1, -0.05) is 6.58 Å². The van der Waals surface area contributed by atoms with Crippen molar-refractivity contribution in [1.82, 2.24) is 0 Å². The monoisotopic (exact) mass is 200 g/mol. The molecule has 1 aromatic rings. The summed E-state index contributed by atoms with van der Waals surface area (Å²) < 4.78 is 38.2. The van der Waals surface area contributed by atoms with E-state index >= 15 is 0 Å². The Kier molecular flexibility index (Phi) is 2.91. The van der Waals surface area contributed by atoms with Crippen LogP contribution in [0.1, 0.15) is 5.56 Å². The van der Waals surface area contributed by atoms with Gasteiger partial charge in [0.25, 0.3) is 0 Å². The van der Waals surface area contributed by atoms with Crippen molar-refractivity contribution >= 4 is 5.84 Å². The summed E-state index contributed by atoms with van der Waals surface area (Å²) in [5.41, 5.74) is 4.99. The first-order chi connectivity index (χ1) is 6.57. The fraction of sp³-hybridized carbons (Fsp3) is 0. The topological polar surface area (TPSA) is 38.4 Å². The number of nitrogens with two attached hydrogens (primary N) is 1. The van der Waals surface area contributed by atoms with Crippen molar-refractivity contribution in [2.24, 2.45) is 10.7 Å². The molecule has 1 rings (SSSR count). The average molecular weight is 200 g/mol. The highest BCUT2D eigenvalue weighted by Gasteiger charge is 2.14. The second-order valence-electron chi connectivity index (χ2n) is 2.42. The lowest BCUT2D eigenvalue weighted by atomic mass is 10.2. The number of hydrogen-bond donors (Lipinski definition) is 1. The fourth-order valence-electron chi connectivity index (χ4n) is 0.892. The van der Waals surface area contributed by atoms with E-state index in [4.69, 9.17) is 5.73 Å². The summed E-state index contributed by atoms with van der Waals surface area (Å²) in [6.07, 6.45) is 1.08. The number of hydrogen-bond acceptors (Lipinski definition) is 1. The highest BCUT2D eigenvalue weighted by molar-refractivity contribution is 5.98. The Morgan fingerprint density at radius 1 is 1.29 bits per heavy atom. The third-order valence-electron chi connectivity index (χ3n) is 1.54. The first kappa shape index (κ1) is 10.3. The van der Waals surface area contributed by atoms with Gasteiger partial charge in [-0.2, -0.15) is 0 Å². The van der Waals surface area contributed by atoms with Gasteiger partial charge in [0.2, 0.25) is 0 Å². The molecule has 0 fully saturated rings. The molecule has 74 valence electrons. The first-order valence-electron chi connectivity index (χ1n) is 3.66. The molecule has 1 aromatic carbocycles. The summed E-state index contributed by atoms with van der Waals surface area (Å²) in [6, 6.07) is 1.79. The highest BCUT2D eigenvalue weighted by Crippen LogP contribution is 2.14. The summed E-state index contributed by atoms with van der Waals surface area (Å²) >= 11 is 0. The maximum atomic E-state index is 13.0. The molecule has 0 radical (unpaired) electrons. The van der Waals surface area contributed by atoms with Gasteiger partial charge in [-0.15, -0.1) is 0 Å². The molecule has 14 heavy (non-hydrogen) atoms. The molecule has 0 aromatic heterocycles. The number of nitrogens with zero attached hydrogens (tertiary/aromatic N) is 1. The van der Waals surface area contributed by atoms with Crippen LogP contribution in [0.15, 0.2) is 29.9 Å². The Balaban J connectivity index is 3.31. The molecule has 0 bridgehead atoms. The van der Waals surface area contributed by atoms with Crippen molar-refractivity contribution < 1.29 is 13.2 Å².